The van der Waals surface area contributed by atoms with Crippen molar-refractivity contribution in [1.29, 1.82) is 5.26 Å². The van der Waals surface area contributed by atoms with Gasteiger partial charge in [0.2, 0.25) is 0 Å². The Morgan fingerprint density at radius 1 is 1.27 bits per heavy atom. The number of rotatable bonds is 1. The molecule has 0 atom stereocenters. The van der Waals surface area contributed by atoms with Gasteiger partial charge in [0, 0.05) is 18.8 Å². The lowest BCUT2D eigenvalue weighted by Crippen LogP contribution is -2.75. The van der Waals surface area contributed by atoms with Crippen molar-refractivity contribution in [1.82, 2.24) is 5.32 Å². The fourth-order valence-electron chi connectivity index (χ4n) is 2.36. The van der Waals surface area contributed by atoms with E-state index in [-0.39, 0.29) is 0 Å². The second kappa shape index (κ2) is 2.98. The van der Waals surface area contributed by atoms with Gasteiger partial charge in [-0.3, -0.25) is 0 Å². The molecule has 3 rings (SSSR count). The van der Waals surface area contributed by atoms with Gasteiger partial charge in [-0.1, -0.05) is 0 Å². The average molecular weight is 199 g/mol. The lowest BCUT2D eigenvalue weighted by atomic mass is 9.80. The van der Waals surface area contributed by atoms with E-state index in [9.17, 15) is 0 Å². The molecule has 1 spiro atoms. The fourth-order valence-corrected chi connectivity index (χ4v) is 2.36. The number of nitrogens with one attached hydrogen (secondary N) is 1. The van der Waals surface area contributed by atoms with Crippen molar-refractivity contribution >= 4 is 5.69 Å². The van der Waals surface area contributed by atoms with Crippen molar-refractivity contribution in [2.45, 2.75) is 12.0 Å². The zero-order valence-electron chi connectivity index (χ0n) is 8.53. The van der Waals surface area contributed by atoms with Gasteiger partial charge in [-0.05, 0) is 37.2 Å². The van der Waals surface area contributed by atoms with Crippen LogP contribution in [0.25, 0.3) is 0 Å². The van der Waals surface area contributed by atoms with Crippen molar-refractivity contribution in [3.8, 4) is 6.07 Å². The van der Waals surface area contributed by atoms with Crippen LogP contribution in [0.3, 0.4) is 0 Å². The van der Waals surface area contributed by atoms with E-state index in [0.717, 1.165) is 18.7 Å². The van der Waals surface area contributed by atoms with Gasteiger partial charge in [-0.25, -0.2) is 0 Å². The minimum absolute atomic E-state index is 0.425. The molecule has 0 radical (unpaired) electrons. The maximum atomic E-state index is 8.69. The number of hydrogen-bond donors (Lipinski definition) is 1. The quantitative estimate of drug-likeness (QED) is 0.736. The Morgan fingerprint density at radius 2 is 1.93 bits per heavy atom. The van der Waals surface area contributed by atoms with E-state index < -0.39 is 0 Å². The van der Waals surface area contributed by atoms with Crippen LogP contribution in [0.5, 0.6) is 0 Å². The Balaban J connectivity index is 1.70. The zero-order valence-corrected chi connectivity index (χ0v) is 8.53. The van der Waals surface area contributed by atoms with Gasteiger partial charge in [-0.2, -0.15) is 5.26 Å². The standard InChI is InChI=1S/C12H13N3/c13-7-10-1-3-11(4-2-10)15-8-12(9-15)5-6-14-12/h1-4,14H,5-6,8-9H2. The molecular formula is C12H13N3. The molecule has 3 nitrogen and oxygen atoms in total. The molecule has 2 aliphatic heterocycles. The number of benzene rings is 1. The molecule has 1 aromatic carbocycles. The molecule has 0 bridgehead atoms. The van der Waals surface area contributed by atoms with E-state index in [1.807, 2.05) is 24.3 Å². The van der Waals surface area contributed by atoms with Crippen LogP contribution < -0.4 is 10.2 Å². The van der Waals surface area contributed by atoms with Gasteiger partial charge in [0.05, 0.1) is 17.2 Å². The van der Waals surface area contributed by atoms with Crippen LogP contribution >= 0.6 is 0 Å². The first-order chi connectivity index (χ1) is 7.31. The molecule has 15 heavy (non-hydrogen) atoms. The molecule has 0 aromatic heterocycles. The van der Waals surface area contributed by atoms with Gasteiger partial charge in [0.25, 0.3) is 0 Å². The smallest absolute Gasteiger partial charge is 0.0991 e. The summed E-state index contributed by atoms with van der Waals surface area (Å²) in [4.78, 5) is 2.35. The van der Waals surface area contributed by atoms with Crippen LogP contribution in [-0.4, -0.2) is 25.2 Å². The molecule has 0 aliphatic carbocycles. The highest BCUT2D eigenvalue weighted by Crippen LogP contribution is 2.33. The van der Waals surface area contributed by atoms with Crippen LogP contribution in [0.15, 0.2) is 24.3 Å². The van der Waals surface area contributed by atoms with Crippen molar-refractivity contribution in [3.63, 3.8) is 0 Å². The van der Waals surface area contributed by atoms with Crippen molar-refractivity contribution in [2.75, 3.05) is 24.5 Å². The van der Waals surface area contributed by atoms with Gasteiger partial charge in [-0.15, -0.1) is 0 Å². The van der Waals surface area contributed by atoms with Crippen molar-refractivity contribution < 1.29 is 0 Å². The summed E-state index contributed by atoms with van der Waals surface area (Å²) in [5, 5.41) is 12.2. The molecule has 2 aliphatic rings. The maximum Gasteiger partial charge on any atom is 0.0991 e. The molecular weight excluding hydrogens is 186 g/mol. The topological polar surface area (TPSA) is 39.1 Å². The molecule has 2 heterocycles. The van der Waals surface area contributed by atoms with Gasteiger partial charge in [0.1, 0.15) is 0 Å². The van der Waals surface area contributed by atoms with Crippen LogP contribution in [-0.2, 0) is 0 Å². The number of nitrogens with zero attached hydrogens (tertiary/aromatic N) is 2. The monoisotopic (exact) mass is 199 g/mol. The molecule has 0 saturated carbocycles. The van der Waals surface area contributed by atoms with Crippen molar-refractivity contribution in [2.24, 2.45) is 0 Å². The van der Waals surface area contributed by atoms with E-state index in [2.05, 4.69) is 16.3 Å². The summed E-state index contributed by atoms with van der Waals surface area (Å²) in [6.07, 6.45) is 1.31. The lowest BCUT2D eigenvalue weighted by molar-refractivity contribution is 0.159. The second-order valence-electron chi connectivity index (χ2n) is 4.47. The molecule has 3 heteroatoms. The van der Waals surface area contributed by atoms with Gasteiger partial charge >= 0.3 is 0 Å². The predicted molar refractivity (Wildman–Crippen MR) is 58.7 cm³/mol. The summed E-state index contributed by atoms with van der Waals surface area (Å²) >= 11 is 0. The SMILES string of the molecule is N#Cc1ccc(N2CC3(CCN3)C2)cc1. The predicted octanol–water partition coefficient (Wildman–Crippen LogP) is 1.11. The second-order valence-corrected chi connectivity index (χ2v) is 4.47. The minimum Gasteiger partial charge on any atom is -0.368 e. The van der Waals surface area contributed by atoms with Crippen LogP contribution in [0.2, 0.25) is 0 Å². The molecule has 0 amide bonds. The third kappa shape index (κ3) is 1.30. The normalized spacial score (nSPS) is 21.7. The highest BCUT2D eigenvalue weighted by Gasteiger charge is 2.47. The van der Waals surface area contributed by atoms with E-state index in [1.165, 1.54) is 18.7 Å². The Kier molecular flexibility index (Phi) is 1.74. The first-order valence-electron chi connectivity index (χ1n) is 5.32. The molecule has 0 unspecified atom stereocenters. The molecule has 1 aromatic rings. The summed E-state index contributed by atoms with van der Waals surface area (Å²) in [7, 11) is 0. The Labute approximate surface area is 89.3 Å². The summed E-state index contributed by atoms with van der Waals surface area (Å²) in [6.45, 7) is 3.39. The van der Waals surface area contributed by atoms with E-state index in [0.29, 0.717) is 5.54 Å². The first kappa shape index (κ1) is 8.75. The third-order valence-electron chi connectivity index (χ3n) is 3.45. The zero-order chi connectivity index (χ0) is 10.3. The number of anilines is 1. The first-order valence-corrected chi connectivity index (χ1v) is 5.32. The molecule has 2 saturated heterocycles. The van der Waals surface area contributed by atoms with E-state index in [1.54, 1.807) is 0 Å². The maximum absolute atomic E-state index is 8.69. The summed E-state index contributed by atoms with van der Waals surface area (Å²) in [6, 6.07) is 9.97. The third-order valence-corrected chi connectivity index (χ3v) is 3.45. The number of nitriles is 1. The largest absolute Gasteiger partial charge is 0.368 e. The Hall–Kier alpha value is -1.53. The van der Waals surface area contributed by atoms with E-state index in [4.69, 9.17) is 5.26 Å². The van der Waals surface area contributed by atoms with Crippen LogP contribution in [0.4, 0.5) is 5.69 Å². The molecule has 2 fully saturated rings. The van der Waals surface area contributed by atoms with Crippen LogP contribution in [0.1, 0.15) is 12.0 Å². The number of hydrogen-bond acceptors (Lipinski definition) is 3. The fraction of sp³-hybridized carbons (Fsp3) is 0.417. The Bertz CT molecular complexity index is 403. The van der Waals surface area contributed by atoms with Crippen molar-refractivity contribution in [3.05, 3.63) is 29.8 Å². The highest BCUT2D eigenvalue weighted by molar-refractivity contribution is 5.53. The van der Waals surface area contributed by atoms with Gasteiger partial charge < -0.3 is 10.2 Å². The minimum atomic E-state index is 0.425. The van der Waals surface area contributed by atoms with Crippen LogP contribution in [0, 0.1) is 11.3 Å². The Morgan fingerprint density at radius 3 is 2.40 bits per heavy atom. The molecule has 1 N–H and O–H groups in total. The highest BCUT2D eigenvalue weighted by atomic mass is 15.3. The average Bonchev–Trinajstić information content (AvgIpc) is 2.14. The van der Waals surface area contributed by atoms with E-state index >= 15 is 0 Å². The molecule has 76 valence electrons. The summed E-state index contributed by atoms with van der Waals surface area (Å²) < 4.78 is 0. The summed E-state index contributed by atoms with van der Waals surface area (Å²) in [5.41, 5.74) is 2.39. The summed E-state index contributed by atoms with van der Waals surface area (Å²) in [5.74, 6) is 0. The van der Waals surface area contributed by atoms with Gasteiger partial charge in [0.15, 0.2) is 0 Å². The lowest BCUT2D eigenvalue weighted by Gasteiger charge is -2.57.